The number of hydrogen-bond donors (Lipinski definition) is 0. The maximum atomic E-state index is 6.02. The molecule has 0 aliphatic carbocycles. The van der Waals surface area contributed by atoms with Crippen molar-refractivity contribution in [2.45, 2.75) is 33.6 Å². The van der Waals surface area contributed by atoms with Gasteiger partial charge in [-0.15, -0.1) is 6.42 Å². The maximum Gasteiger partial charge on any atom is 0.0620 e. The van der Waals surface area contributed by atoms with Crippen molar-refractivity contribution >= 4 is 11.4 Å². The van der Waals surface area contributed by atoms with Crippen LogP contribution in [0.4, 0.5) is 11.4 Å². The molecule has 0 saturated carbocycles. The van der Waals surface area contributed by atoms with Crippen molar-refractivity contribution in [3.63, 3.8) is 0 Å². The van der Waals surface area contributed by atoms with Crippen molar-refractivity contribution in [1.29, 1.82) is 0 Å². The molecule has 0 bridgehead atoms. The van der Waals surface area contributed by atoms with Gasteiger partial charge in [0.1, 0.15) is 0 Å². The molecule has 0 spiro atoms. The van der Waals surface area contributed by atoms with Crippen LogP contribution in [0.15, 0.2) is 103 Å². The summed E-state index contributed by atoms with van der Waals surface area (Å²) < 4.78 is 0. The largest absolute Gasteiger partial charge is 0.309 e. The molecule has 1 heteroatoms. The highest BCUT2D eigenvalue weighted by atomic mass is 15.1. The number of terminal acetylenes is 1. The molecule has 3 aromatic rings. The Morgan fingerprint density at radius 3 is 2.22 bits per heavy atom. The number of allylic oxidation sites excluding steroid dienone is 4. The monoisotopic (exact) mass is 417 g/mol. The van der Waals surface area contributed by atoms with Crippen LogP contribution in [0.5, 0.6) is 0 Å². The number of rotatable bonds is 8. The van der Waals surface area contributed by atoms with E-state index in [0.29, 0.717) is 0 Å². The molecule has 32 heavy (non-hydrogen) atoms. The minimum absolute atomic E-state index is 0.935. The second-order valence-corrected chi connectivity index (χ2v) is 7.78. The molecule has 0 aliphatic heterocycles. The number of benzene rings is 3. The molecule has 0 saturated heterocycles. The molecule has 1 nitrogen and oxygen atoms in total. The van der Waals surface area contributed by atoms with Crippen LogP contribution < -0.4 is 4.90 Å². The van der Waals surface area contributed by atoms with E-state index < -0.39 is 0 Å². The lowest BCUT2D eigenvalue weighted by molar-refractivity contribution is 0.918. The van der Waals surface area contributed by atoms with E-state index in [1.807, 2.05) is 25.2 Å². The zero-order valence-corrected chi connectivity index (χ0v) is 19.3. The molecule has 0 aliphatic rings. The van der Waals surface area contributed by atoms with Crippen LogP contribution >= 0.6 is 0 Å². The molecule has 3 aromatic carbocycles. The van der Waals surface area contributed by atoms with E-state index in [1.165, 1.54) is 22.3 Å². The Morgan fingerprint density at radius 2 is 1.66 bits per heavy atom. The van der Waals surface area contributed by atoms with Gasteiger partial charge in [0.25, 0.3) is 0 Å². The fourth-order valence-electron chi connectivity index (χ4n) is 3.82. The zero-order chi connectivity index (χ0) is 22.9. The summed E-state index contributed by atoms with van der Waals surface area (Å²) in [6.07, 6.45) is 16.0. The van der Waals surface area contributed by atoms with Gasteiger partial charge >= 0.3 is 0 Å². The molecule has 0 unspecified atom stereocenters. The van der Waals surface area contributed by atoms with Crippen LogP contribution in [-0.4, -0.2) is 0 Å². The maximum absolute atomic E-state index is 6.02. The van der Waals surface area contributed by atoms with E-state index in [-0.39, 0.29) is 0 Å². The van der Waals surface area contributed by atoms with E-state index in [2.05, 4.69) is 104 Å². The second kappa shape index (κ2) is 11.0. The normalized spacial score (nSPS) is 11.4. The van der Waals surface area contributed by atoms with Crippen LogP contribution in [0, 0.1) is 19.3 Å². The average Bonchev–Trinajstić information content (AvgIpc) is 2.82. The van der Waals surface area contributed by atoms with Crippen molar-refractivity contribution < 1.29 is 0 Å². The Balaban J connectivity index is 2.15. The summed E-state index contributed by atoms with van der Waals surface area (Å²) in [5.41, 5.74) is 8.79. The van der Waals surface area contributed by atoms with Gasteiger partial charge in [0, 0.05) is 11.4 Å². The summed E-state index contributed by atoms with van der Waals surface area (Å²) in [5.74, 6) is 2.96. The van der Waals surface area contributed by atoms with E-state index in [0.717, 1.165) is 35.5 Å². The van der Waals surface area contributed by atoms with Crippen LogP contribution in [0.1, 0.15) is 37.0 Å². The average molecular weight is 418 g/mol. The van der Waals surface area contributed by atoms with Gasteiger partial charge < -0.3 is 4.90 Å². The highest BCUT2D eigenvalue weighted by Crippen LogP contribution is 2.35. The fourth-order valence-corrected chi connectivity index (χ4v) is 3.82. The highest BCUT2D eigenvalue weighted by molar-refractivity contribution is 5.78. The summed E-state index contributed by atoms with van der Waals surface area (Å²) in [6, 6.07) is 23.5. The van der Waals surface area contributed by atoms with Crippen LogP contribution in [0.3, 0.4) is 0 Å². The number of nitrogens with zero attached hydrogens (tertiary/aromatic N) is 1. The molecule has 0 fully saturated rings. The molecule has 0 radical (unpaired) electrons. The topological polar surface area (TPSA) is 3.24 Å². The Kier molecular flexibility index (Phi) is 7.90. The van der Waals surface area contributed by atoms with Gasteiger partial charge in [-0.3, -0.25) is 0 Å². The van der Waals surface area contributed by atoms with Crippen molar-refractivity contribution in [3.05, 3.63) is 120 Å². The van der Waals surface area contributed by atoms with E-state index in [9.17, 15) is 0 Å². The van der Waals surface area contributed by atoms with Gasteiger partial charge in [0.05, 0.1) is 11.3 Å². The quantitative estimate of drug-likeness (QED) is 0.263. The van der Waals surface area contributed by atoms with E-state index in [1.54, 1.807) is 0 Å². The molecule has 3 rings (SSSR count). The van der Waals surface area contributed by atoms with Gasteiger partial charge in [-0.1, -0.05) is 92.1 Å². The number of hydrogen-bond acceptors (Lipinski definition) is 1. The van der Waals surface area contributed by atoms with E-state index >= 15 is 0 Å². The summed E-state index contributed by atoms with van der Waals surface area (Å²) >= 11 is 0. The zero-order valence-electron chi connectivity index (χ0n) is 19.3. The van der Waals surface area contributed by atoms with E-state index in [4.69, 9.17) is 6.42 Å². The lowest BCUT2D eigenvalue weighted by Gasteiger charge is -2.28. The first-order chi connectivity index (χ1) is 15.6. The SMILES string of the molecule is C#Cc1c(CCC)cccc1N(/C(C=C)=C/C=C\C)c1ccc(-c2ccc(C)cc2)cc1. The van der Waals surface area contributed by atoms with Crippen molar-refractivity contribution in [3.8, 4) is 23.5 Å². The van der Waals surface area contributed by atoms with Gasteiger partial charge in [0.2, 0.25) is 0 Å². The standard InChI is InChI=1S/C31H31N/c1-6-10-14-28(8-3)32(31-15-11-13-27(12-7-2)30(31)9-4)29-22-20-26(21-23-29)25-18-16-24(5)17-19-25/h4,6,8,10-11,13-23H,3,7,12H2,1-2,5H3/b10-6-,28-14+. The first kappa shape index (κ1) is 22.9. The lowest BCUT2D eigenvalue weighted by Crippen LogP contribution is -2.17. The minimum Gasteiger partial charge on any atom is -0.309 e. The first-order valence-corrected chi connectivity index (χ1v) is 11.1. The molecule has 0 atom stereocenters. The minimum atomic E-state index is 0.935. The Hall–Kier alpha value is -3.76. The summed E-state index contributed by atoms with van der Waals surface area (Å²) in [6.45, 7) is 10.4. The lowest BCUT2D eigenvalue weighted by atomic mass is 9.99. The summed E-state index contributed by atoms with van der Waals surface area (Å²) in [4.78, 5) is 2.19. The fraction of sp³-hybridized carbons (Fsp3) is 0.161. The van der Waals surface area contributed by atoms with Crippen LogP contribution in [-0.2, 0) is 6.42 Å². The number of anilines is 2. The third-order valence-electron chi connectivity index (χ3n) is 5.47. The first-order valence-electron chi connectivity index (χ1n) is 11.1. The molecule has 0 heterocycles. The van der Waals surface area contributed by atoms with Crippen molar-refractivity contribution in [2.24, 2.45) is 0 Å². The third-order valence-corrected chi connectivity index (χ3v) is 5.47. The molecule has 0 aromatic heterocycles. The molecule has 160 valence electrons. The van der Waals surface area contributed by atoms with Gasteiger partial charge in [-0.2, -0.15) is 0 Å². The molecular formula is C31H31N. The molecule has 0 amide bonds. The Labute approximate surface area is 193 Å². The summed E-state index contributed by atoms with van der Waals surface area (Å²) in [5, 5.41) is 0. The van der Waals surface area contributed by atoms with Gasteiger partial charge in [-0.05, 0) is 67.3 Å². The van der Waals surface area contributed by atoms with Gasteiger partial charge in [0.15, 0.2) is 0 Å². The molecule has 0 N–H and O–H groups in total. The Bertz CT molecular complexity index is 1150. The van der Waals surface area contributed by atoms with Crippen LogP contribution in [0.25, 0.3) is 11.1 Å². The van der Waals surface area contributed by atoms with Crippen molar-refractivity contribution in [1.82, 2.24) is 0 Å². The third kappa shape index (κ3) is 5.10. The molecular weight excluding hydrogens is 386 g/mol. The predicted molar refractivity (Wildman–Crippen MR) is 140 cm³/mol. The summed E-state index contributed by atoms with van der Waals surface area (Å²) in [7, 11) is 0. The van der Waals surface area contributed by atoms with Crippen LogP contribution in [0.2, 0.25) is 0 Å². The number of aryl methyl sites for hydroxylation is 2. The Morgan fingerprint density at radius 1 is 1.00 bits per heavy atom. The smallest absolute Gasteiger partial charge is 0.0620 e. The predicted octanol–water partition coefficient (Wildman–Crippen LogP) is 8.38. The van der Waals surface area contributed by atoms with Gasteiger partial charge in [-0.25, -0.2) is 0 Å². The highest BCUT2D eigenvalue weighted by Gasteiger charge is 2.17. The van der Waals surface area contributed by atoms with Crippen molar-refractivity contribution in [2.75, 3.05) is 4.90 Å². The second-order valence-electron chi connectivity index (χ2n) is 7.78.